The van der Waals surface area contributed by atoms with E-state index in [-0.39, 0.29) is 11.1 Å². The number of benzene rings is 2. The summed E-state index contributed by atoms with van der Waals surface area (Å²) in [5, 5.41) is 7.05. The first-order chi connectivity index (χ1) is 18.7. The Kier molecular flexibility index (Phi) is 10.1. The SMILES string of the molecule is FC(F)(F)Cn1cc(C#Cc2cccc(Br)c2)cn1.O=C(C(=O)c1cnn(CC(F)(F)F)c1)c1cccc(Br)c1. The Morgan fingerprint density at radius 2 is 1.23 bits per heavy atom. The zero-order valence-electron chi connectivity index (χ0n) is 20.0. The number of carbonyl (C=O) groups excluding carboxylic acids is 2. The van der Waals surface area contributed by atoms with Gasteiger partial charge in [-0.3, -0.25) is 19.0 Å². The van der Waals surface area contributed by atoms with Crippen LogP contribution < -0.4 is 0 Å². The summed E-state index contributed by atoms with van der Waals surface area (Å²) in [4.78, 5) is 23.9. The predicted molar refractivity (Wildman–Crippen MR) is 139 cm³/mol. The van der Waals surface area contributed by atoms with E-state index in [1.165, 1.54) is 24.5 Å². The van der Waals surface area contributed by atoms with Gasteiger partial charge in [0.15, 0.2) is 0 Å². The second-order valence-electron chi connectivity index (χ2n) is 8.01. The summed E-state index contributed by atoms with van der Waals surface area (Å²) < 4.78 is 75.9. The molecular weight excluding hydrogens is 674 g/mol. The fourth-order valence-electron chi connectivity index (χ4n) is 3.05. The highest BCUT2D eigenvalue weighted by atomic mass is 79.9. The van der Waals surface area contributed by atoms with E-state index in [4.69, 9.17) is 0 Å². The molecule has 0 aliphatic carbocycles. The minimum atomic E-state index is -4.44. The molecule has 4 aromatic rings. The van der Waals surface area contributed by atoms with Crippen molar-refractivity contribution >= 4 is 43.4 Å². The Bertz CT molecular complexity index is 1570. The first kappa shape index (κ1) is 30.8. The molecule has 0 aliphatic heterocycles. The fourth-order valence-corrected chi connectivity index (χ4v) is 3.85. The maximum absolute atomic E-state index is 12.2. The molecular formula is C26H16Br2F6N4O2. The van der Waals surface area contributed by atoms with Gasteiger partial charge < -0.3 is 0 Å². The van der Waals surface area contributed by atoms with E-state index in [0.29, 0.717) is 14.7 Å². The molecule has 208 valence electrons. The van der Waals surface area contributed by atoms with Crippen molar-refractivity contribution in [1.82, 2.24) is 19.6 Å². The molecule has 0 spiro atoms. The van der Waals surface area contributed by atoms with Gasteiger partial charge in [-0.05, 0) is 30.3 Å². The van der Waals surface area contributed by atoms with Gasteiger partial charge in [-0.1, -0.05) is 61.9 Å². The molecule has 0 saturated heterocycles. The number of Topliss-reactive ketones (excluding diaryl/α,β-unsaturated/α-hetero) is 2. The number of nitrogens with zero attached hydrogens (tertiary/aromatic N) is 4. The highest BCUT2D eigenvalue weighted by Gasteiger charge is 2.29. The van der Waals surface area contributed by atoms with Crippen LogP contribution in [-0.4, -0.2) is 43.5 Å². The summed E-state index contributed by atoms with van der Waals surface area (Å²) in [5.41, 5.74) is 1.20. The number of rotatable bonds is 5. The van der Waals surface area contributed by atoms with Gasteiger partial charge in [0.25, 0.3) is 0 Å². The third-order valence-electron chi connectivity index (χ3n) is 4.68. The Labute approximate surface area is 240 Å². The van der Waals surface area contributed by atoms with E-state index in [1.54, 1.807) is 12.1 Å². The molecule has 4 rings (SSSR count). The van der Waals surface area contributed by atoms with Crippen LogP contribution in [0.4, 0.5) is 26.3 Å². The van der Waals surface area contributed by atoms with Crippen molar-refractivity contribution in [3.05, 3.63) is 105 Å². The molecule has 0 N–H and O–H groups in total. The second kappa shape index (κ2) is 13.1. The first-order valence-corrected chi connectivity index (χ1v) is 12.6. The maximum Gasteiger partial charge on any atom is 0.408 e. The zero-order valence-corrected chi connectivity index (χ0v) is 23.1. The fraction of sp³-hybridized carbons (Fsp3) is 0.154. The molecule has 0 amide bonds. The first-order valence-electron chi connectivity index (χ1n) is 11.0. The molecule has 0 atom stereocenters. The third-order valence-corrected chi connectivity index (χ3v) is 5.67. The number of hydrogen-bond donors (Lipinski definition) is 0. The van der Waals surface area contributed by atoms with Crippen LogP contribution in [0.15, 0.2) is 82.3 Å². The van der Waals surface area contributed by atoms with Gasteiger partial charge in [-0.25, -0.2) is 0 Å². The van der Waals surface area contributed by atoms with Crippen molar-refractivity contribution in [3.8, 4) is 11.8 Å². The number of carbonyl (C=O) groups is 2. The number of aromatic nitrogens is 4. The molecule has 0 aliphatic rings. The molecule has 14 heteroatoms. The minimum Gasteiger partial charge on any atom is -0.285 e. The topological polar surface area (TPSA) is 69.8 Å². The standard InChI is InChI=1S/C13H8BrF3N2O2.C13H8BrF3N2/c14-10-3-1-2-8(4-10)11(20)12(21)9-5-18-19(6-9)7-13(15,16)17;14-12-3-1-2-10(6-12)4-5-11-7-18-19(8-11)9-13(15,16)17/h1-6H,7H2;1-3,6-8H,9H2. The quantitative estimate of drug-likeness (QED) is 0.0992. The van der Waals surface area contributed by atoms with Crippen molar-refractivity contribution in [3.63, 3.8) is 0 Å². The summed E-state index contributed by atoms with van der Waals surface area (Å²) in [6, 6.07) is 13.5. The van der Waals surface area contributed by atoms with Crippen LogP contribution in [0.25, 0.3) is 0 Å². The average molecular weight is 690 g/mol. The molecule has 2 aromatic carbocycles. The Morgan fingerprint density at radius 1 is 0.700 bits per heavy atom. The van der Waals surface area contributed by atoms with E-state index < -0.39 is 37.0 Å². The number of ketones is 2. The van der Waals surface area contributed by atoms with Crippen LogP contribution in [0.1, 0.15) is 31.8 Å². The van der Waals surface area contributed by atoms with Crippen LogP contribution >= 0.6 is 31.9 Å². The van der Waals surface area contributed by atoms with Gasteiger partial charge in [-0.2, -0.15) is 36.5 Å². The summed E-state index contributed by atoms with van der Waals surface area (Å²) in [5.74, 6) is 3.93. The molecule has 0 unspecified atom stereocenters. The Balaban J connectivity index is 0.000000222. The van der Waals surface area contributed by atoms with Crippen LogP contribution in [0.2, 0.25) is 0 Å². The van der Waals surface area contributed by atoms with Gasteiger partial charge in [0, 0.05) is 32.5 Å². The molecule has 0 fully saturated rings. The Hall–Kier alpha value is -3.70. The number of alkyl halides is 6. The van der Waals surface area contributed by atoms with Crippen molar-refractivity contribution in [1.29, 1.82) is 0 Å². The predicted octanol–water partition coefficient (Wildman–Crippen LogP) is 6.88. The van der Waals surface area contributed by atoms with Crippen molar-refractivity contribution in [2.75, 3.05) is 0 Å². The molecule has 2 aromatic heterocycles. The largest absolute Gasteiger partial charge is 0.408 e. The summed E-state index contributed by atoms with van der Waals surface area (Å²) in [6.45, 7) is -2.42. The van der Waals surface area contributed by atoms with Crippen LogP contribution in [-0.2, 0) is 13.1 Å². The summed E-state index contributed by atoms with van der Waals surface area (Å²) in [6.07, 6.45) is -4.27. The van der Waals surface area contributed by atoms with Crippen molar-refractivity contribution < 1.29 is 35.9 Å². The lowest BCUT2D eigenvalue weighted by atomic mass is 10.0. The van der Waals surface area contributed by atoms with Gasteiger partial charge in [0.2, 0.25) is 11.6 Å². The van der Waals surface area contributed by atoms with E-state index >= 15 is 0 Å². The molecule has 6 nitrogen and oxygen atoms in total. The van der Waals surface area contributed by atoms with E-state index in [0.717, 1.165) is 27.1 Å². The van der Waals surface area contributed by atoms with Gasteiger partial charge in [0.05, 0.1) is 23.5 Å². The Morgan fingerprint density at radius 3 is 1.82 bits per heavy atom. The van der Waals surface area contributed by atoms with Gasteiger partial charge in [0.1, 0.15) is 13.1 Å². The van der Waals surface area contributed by atoms with Crippen molar-refractivity contribution in [2.45, 2.75) is 25.4 Å². The van der Waals surface area contributed by atoms with Gasteiger partial charge in [-0.15, -0.1) is 0 Å². The number of halogens is 8. The van der Waals surface area contributed by atoms with Gasteiger partial charge >= 0.3 is 12.4 Å². The van der Waals surface area contributed by atoms with E-state index in [1.807, 2.05) is 24.3 Å². The maximum atomic E-state index is 12.2. The summed E-state index contributed by atoms with van der Waals surface area (Å²) >= 11 is 6.48. The van der Waals surface area contributed by atoms with Crippen LogP contribution in [0.3, 0.4) is 0 Å². The smallest absolute Gasteiger partial charge is 0.285 e. The average Bonchev–Trinajstić information content (AvgIpc) is 3.49. The van der Waals surface area contributed by atoms with Crippen molar-refractivity contribution in [2.24, 2.45) is 0 Å². The lowest BCUT2D eigenvalue weighted by Gasteiger charge is -2.04. The summed E-state index contributed by atoms with van der Waals surface area (Å²) in [7, 11) is 0. The van der Waals surface area contributed by atoms with E-state index in [2.05, 4.69) is 53.9 Å². The third kappa shape index (κ3) is 10.1. The van der Waals surface area contributed by atoms with Crippen LogP contribution in [0.5, 0.6) is 0 Å². The normalized spacial score (nSPS) is 11.2. The molecule has 0 saturated carbocycles. The molecule has 2 heterocycles. The monoisotopic (exact) mass is 688 g/mol. The molecule has 40 heavy (non-hydrogen) atoms. The van der Waals surface area contributed by atoms with E-state index in [9.17, 15) is 35.9 Å². The zero-order chi connectivity index (χ0) is 29.5. The molecule has 0 bridgehead atoms. The second-order valence-corrected chi connectivity index (χ2v) is 9.84. The minimum absolute atomic E-state index is 0.151. The highest BCUT2D eigenvalue weighted by molar-refractivity contribution is 9.10. The lowest BCUT2D eigenvalue weighted by molar-refractivity contribution is -0.143. The number of hydrogen-bond acceptors (Lipinski definition) is 4. The lowest BCUT2D eigenvalue weighted by Crippen LogP contribution is -2.18. The molecule has 0 radical (unpaired) electrons. The van der Waals surface area contributed by atoms with Crippen LogP contribution in [0, 0.1) is 11.8 Å². The highest BCUT2D eigenvalue weighted by Crippen LogP contribution is 2.19.